The summed E-state index contributed by atoms with van der Waals surface area (Å²) in [4.78, 5) is 10.4. The summed E-state index contributed by atoms with van der Waals surface area (Å²) in [5, 5.41) is 8.06. The third-order valence-corrected chi connectivity index (χ3v) is 11.1. The highest BCUT2D eigenvalue weighted by Gasteiger charge is 2.23. The number of aromatic nitrogens is 4. The van der Waals surface area contributed by atoms with Crippen molar-refractivity contribution in [2.45, 2.75) is 0 Å². The molecule has 0 aliphatic heterocycles. The maximum atomic E-state index is 6.78. The molecule has 0 amide bonds. The van der Waals surface area contributed by atoms with Gasteiger partial charge in [-0.1, -0.05) is 127 Å². The number of ether oxygens (including phenoxy) is 1. The standard InChI is InChI=1S/C50H30N4O/c1-4-13-31(14-5-1)36-27-28-51-50-45(36)41-21-12-20-40-39-26-24-35(30-44(39)54(50)48(40)41)55-34-23-25-37-38-19-10-11-22-43(38)53-47(33-17-8-3-9-18-33)46(32-15-6-2-7-16-32)52-49(53)42(37)29-34/h1-30H. The van der Waals surface area contributed by atoms with Crippen LogP contribution in [0.15, 0.2) is 182 Å². The molecule has 0 saturated carbocycles. The molecule has 5 heterocycles. The average molecular weight is 703 g/mol. The van der Waals surface area contributed by atoms with E-state index >= 15 is 0 Å². The molecule has 0 saturated heterocycles. The van der Waals surface area contributed by atoms with E-state index < -0.39 is 0 Å². The zero-order valence-electron chi connectivity index (χ0n) is 29.5. The van der Waals surface area contributed by atoms with E-state index in [1.807, 2.05) is 12.3 Å². The number of benzene rings is 7. The Morgan fingerprint density at radius 1 is 0.418 bits per heavy atom. The van der Waals surface area contributed by atoms with Crippen LogP contribution in [0.3, 0.4) is 0 Å². The molecule has 0 atom stereocenters. The molecule has 0 N–H and O–H groups in total. The van der Waals surface area contributed by atoms with Crippen LogP contribution in [0.1, 0.15) is 0 Å². The molecule has 7 aromatic carbocycles. The number of imidazole rings is 1. The van der Waals surface area contributed by atoms with Gasteiger partial charge in [-0.3, -0.25) is 8.80 Å². The molecule has 0 aliphatic rings. The van der Waals surface area contributed by atoms with Crippen LogP contribution in [0, 0.1) is 0 Å². The normalized spacial score (nSPS) is 12.0. The molecule has 5 nitrogen and oxygen atoms in total. The molecule has 12 rings (SSSR count). The highest BCUT2D eigenvalue weighted by Crippen LogP contribution is 2.44. The third kappa shape index (κ3) is 4.35. The van der Waals surface area contributed by atoms with E-state index in [9.17, 15) is 0 Å². The molecule has 0 spiro atoms. The van der Waals surface area contributed by atoms with E-state index in [1.54, 1.807) is 0 Å². The lowest BCUT2D eigenvalue weighted by atomic mass is 10.0. The predicted octanol–water partition coefficient (Wildman–Crippen LogP) is 13.0. The van der Waals surface area contributed by atoms with Crippen LogP contribution in [0.4, 0.5) is 0 Å². The predicted molar refractivity (Wildman–Crippen MR) is 225 cm³/mol. The second-order valence-corrected chi connectivity index (χ2v) is 14.2. The zero-order chi connectivity index (χ0) is 36.0. The summed E-state index contributed by atoms with van der Waals surface area (Å²) in [6.45, 7) is 0. The summed E-state index contributed by atoms with van der Waals surface area (Å²) in [7, 11) is 0. The van der Waals surface area contributed by atoms with Gasteiger partial charge < -0.3 is 4.74 Å². The first-order chi connectivity index (χ1) is 27.3. The summed E-state index contributed by atoms with van der Waals surface area (Å²) in [6.07, 6.45) is 1.92. The smallest absolute Gasteiger partial charge is 0.146 e. The van der Waals surface area contributed by atoms with Gasteiger partial charge >= 0.3 is 0 Å². The molecular formula is C50H30N4O. The van der Waals surface area contributed by atoms with Crippen LogP contribution in [0.2, 0.25) is 0 Å². The molecular weight excluding hydrogens is 673 g/mol. The Morgan fingerprint density at radius 2 is 1.05 bits per heavy atom. The lowest BCUT2D eigenvalue weighted by Gasteiger charge is -2.13. The van der Waals surface area contributed by atoms with Crippen molar-refractivity contribution in [2.24, 2.45) is 0 Å². The second-order valence-electron chi connectivity index (χ2n) is 14.2. The molecule has 0 aliphatic carbocycles. The van der Waals surface area contributed by atoms with E-state index in [-0.39, 0.29) is 0 Å². The quantitative estimate of drug-likeness (QED) is 0.168. The number of rotatable bonds is 5. The third-order valence-electron chi connectivity index (χ3n) is 11.1. The number of nitrogens with zero attached hydrogens (tertiary/aromatic N) is 4. The average Bonchev–Trinajstić information content (AvgIpc) is 3.93. The highest BCUT2D eigenvalue weighted by atomic mass is 16.5. The maximum Gasteiger partial charge on any atom is 0.146 e. The largest absolute Gasteiger partial charge is 0.457 e. The minimum absolute atomic E-state index is 0.748. The fourth-order valence-electron chi connectivity index (χ4n) is 8.81. The fourth-order valence-corrected chi connectivity index (χ4v) is 8.81. The Hall–Kier alpha value is -7.50. The van der Waals surface area contributed by atoms with Gasteiger partial charge in [-0.05, 0) is 59.0 Å². The van der Waals surface area contributed by atoms with Gasteiger partial charge in [0, 0.05) is 55.7 Å². The van der Waals surface area contributed by atoms with E-state index in [0.29, 0.717) is 0 Å². The Morgan fingerprint density at radius 3 is 1.85 bits per heavy atom. The fraction of sp³-hybridized carbons (Fsp3) is 0. The van der Waals surface area contributed by atoms with Crippen LogP contribution in [0.5, 0.6) is 11.5 Å². The zero-order valence-corrected chi connectivity index (χ0v) is 29.5. The summed E-state index contributed by atoms with van der Waals surface area (Å²) in [6, 6.07) is 61.7. The Labute approximate surface area is 315 Å². The van der Waals surface area contributed by atoms with Crippen molar-refractivity contribution in [1.82, 2.24) is 18.8 Å². The van der Waals surface area contributed by atoms with Crippen LogP contribution in [-0.4, -0.2) is 18.8 Å². The van der Waals surface area contributed by atoms with Gasteiger partial charge in [0.2, 0.25) is 0 Å². The van der Waals surface area contributed by atoms with Gasteiger partial charge in [0.15, 0.2) is 0 Å². The van der Waals surface area contributed by atoms with Crippen molar-refractivity contribution in [3.05, 3.63) is 182 Å². The van der Waals surface area contributed by atoms with Crippen molar-refractivity contribution in [3.63, 3.8) is 0 Å². The lowest BCUT2D eigenvalue weighted by molar-refractivity contribution is 0.484. The minimum Gasteiger partial charge on any atom is -0.457 e. The van der Waals surface area contributed by atoms with E-state index in [4.69, 9.17) is 14.7 Å². The molecule has 5 heteroatoms. The molecule has 0 unspecified atom stereocenters. The van der Waals surface area contributed by atoms with Crippen molar-refractivity contribution >= 4 is 65.5 Å². The van der Waals surface area contributed by atoms with Crippen LogP contribution in [0.25, 0.3) is 99.2 Å². The Kier molecular flexibility index (Phi) is 6.27. The van der Waals surface area contributed by atoms with Crippen LogP contribution >= 0.6 is 0 Å². The van der Waals surface area contributed by atoms with Crippen LogP contribution in [-0.2, 0) is 0 Å². The summed E-state index contributed by atoms with van der Waals surface area (Å²) in [5.41, 5.74) is 11.8. The minimum atomic E-state index is 0.748. The first kappa shape index (κ1) is 30.0. The van der Waals surface area contributed by atoms with Crippen LogP contribution < -0.4 is 4.74 Å². The van der Waals surface area contributed by atoms with Gasteiger partial charge in [0.1, 0.15) is 22.8 Å². The van der Waals surface area contributed by atoms with Gasteiger partial charge in [-0.25, -0.2) is 9.97 Å². The molecule has 0 radical (unpaired) electrons. The van der Waals surface area contributed by atoms with Crippen molar-refractivity contribution in [1.29, 1.82) is 0 Å². The van der Waals surface area contributed by atoms with Gasteiger partial charge in [0.05, 0.1) is 27.9 Å². The Balaban J connectivity index is 1.06. The summed E-state index contributed by atoms with van der Waals surface area (Å²) < 4.78 is 11.4. The molecule has 0 bridgehead atoms. The highest BCUT2D eigenvalue weighted by molar-refractivity contribution is 6.25. The van der Waals surface area contributed by atoms with E-state index in [0.717, 1.165) is 77.9 Å². The molecule has 12 aromatic rings. The number of hydrogen-bond donors (Lipinski definition) is 0. The molecule has 5 aromatic heterocycles. The summed E-state index contributed by atoms with van der Waals surface area (Å²) in [5.74, 6) is 1.51. The monoisotopic (exact) mass is 702 g/mol. The maximum absolute atomic E-state index is 6.78. The second kappa shape index (κ2) is 11.5. The van der Waals surface area contributed by atoms with E-state index in [2.05, 4.69) is 179 Å². The molecule has 55 heavy (non-hydrogen) atoms. The van der Waals surface area contributed by atoms with Gasteiger partial charge in [-0.2, -0.15) is 0 Å². The lowest BCUT2D eigenvalue weighted by Crippen LogP contribution is -1.95. The first-order valence-electron chi connectivity index (χ1n) is 18.6. The number of pyridine rings is 2. The SMILES string of the molecule is c1ccc(-c2nc3c4cc(Oc5ccc6c7cccc8c9c(-c%10ccccc%10)ccnc9n(c6c5)c78)ccc4c4ccccc4n3c2-c2ccccc2)cc1. The van der Waals surface area contributed by atoms with Crippen molar-refractivity contribution in [2.75, 3.05) is 0 Å². The number of para-hydroxylation sites is 2. The first-order valence-corrected chi connectivity index (χ1v) is 18.6. The van der Waals surface area contributed by atoms with Crippen molar-refractivity contribution < 1.29 is 4.74 Å². The molecule has 0 fully saturated rings. The molecule has 256 valence electrons. The topological polar surface area (TPSA) is 43.8 Å². The Bertz CT molecular complexity index is 3440. The van der Waals surface area contributed by atoms with E-state index in [1.165, 1.54) is 32.8 Å². The number of hydrogen-bond acceptors (Lipinski definition) is 3. The summed E-state index contributed by atoms with van der Waals surface area (Å²) >= 11 is 0. The number of fused-ring (bicyclic) bond motifs is 12. The van der Waals surface area contributed by atoms with Crippen molar-refractivity contribution in [3.8, 4) is 45.1 Å². The van der Waals surface area contributed by atoms with Gasteiger partial charge in [0.25, 0.3) is 0 Å². The van der Waals surface area contributed by atoms with Gasteiger partial charge in [-0.15, -0.1) is 0 Å².